The Balaban J connectivity index is 2.43. The molecule has 124 valence electrons. The molecule has 0 amide bonds. The Morgan fingerprint density at radius 3 is 2.18 bits per heavy atom. The van der Waals surface area contributed by atoms with Crippen molar-refractivity contribution in [2.75, 3.05) is 6.61 Å². The average Bonchev–Trinajstić information content (AvgIpc) is 2.33. The number of carboxylic acid groups (broad SMARTS) is 1. The molecule has 6 heteroatoms. The molecular formula is C16H24O6. The molecule has 0 aliphatic heterocycles. The monoisotopic (exact) mass is 312 g/mol. The molecule has 0 bridgehead atoms. The first kappa shape index (κ1) is 18.2. The van der Waals surface area contributed by atoms with Gasteiger partial charge in [0.1, 0.15) is 12.7 Å². The van der Waals surface area contributed by atoms with E-state index in [0.29, 0.717) is 0 Å². The first-order valence-electron chi connectivity index (χ1n) is 7.22. The van der Waals surface area contributed by atoms with Crippen molar-refractivity contribution >= 4 is 17.9 Å². The van der Waals surface area contributed by atoms with Gasteiger partial charge in [-0.05, 0) is 6.42 Å². The van der Waals surface area contributed by atoms with E-state index in [-0.39, 0.29) is 42.0 Å². The summed E-state index contributed by atoms with van der Waals surface area (Å²) in [7, 11) is 0. The molecule has 0 aromatic carbocycles. The van der Waals surface area contributed by atoms with Crippen molar-refractivity contribution in [2.24, 2.45) is 10.8 Å². The zero-order valence-corrected chi connectivity index (χ0v) is 13.6. The molecule has 1 rings (SSSR count). The van der Waals surface area contributed by atoms with Crippen molar-refractivity contribution in [1.82, 2.24) is 0 Å². The number of rotatable bonds is 7. The fraction of sp³-hybridized carbons (Fsp3) is 0.688. The van der Waals surface area contributed by atoms with Crippen LogP contribution in [0.4, 0.5) is 0 Å². The Hall–Kier alpha value is -1.85. The van der Waals surface area contributed by atoms with Crippen molar-refractivity contribution in [3.05, 3.63) is 12.2 Å². The Labute approximate surface area is 130 Å². The highest BCUT2D eigenvalue weighted by atomic mass is 16.6. The van der Waals surface area contributed by atoms with Crippen LogP contribution in [0.1, 0.15) is 47.0 Å². The van der Waals surface area contributed by atoms with Gasteiger partial charge >= 0.3 is 17.9 Å². The van der Waals surface area contributed by atoms with Gasteiger partial charge in [-0.1, -0.05) is 34.3 Å². The van der Waals surface area contributed by atoms with E-state index in [4.69, 9.17) is 14.6 Å². The molecule has 0 atom stereocenters. The zero-order valence-electron chi connectivity index (χ0n) is 13.6. The molecule has 1 fully saturated rings. The van der Waals surface area contributed by atoms with Gasteiger partial charge in [-0.3, -0.25) is 9.59 Å². The minimum atomic E-state index is -1.06. The summed E-state index contributed by atoms with van der Waals surface area (Å²) in [5.74, 6) is -2.36. The minimum absolute atomic E-state index is 0.0367. The maximum atomic E-state index is 11.9. The van der Waals surface area contributed by atoms with E-state index in [1.165, 1.54) is 0 Å². The second-order valence-corrected chi connectivity index (χ2v) is 7.08. The van der Waals surface area contributed by atoms with Gasteiger partial charge in [0.25, 0.3) is 0 Å². The van der Waals surface area contributed by atoms with Crippen LogP contribution in [0.25, 0.3) is 0 Å². The third kappa shape index (κ3) is 4.58. The van der Waals surface area contributed by atoms with Gasteiger partial charge in [-0.15, -0.1) is 0 Å². The van der Waals surface area contributed by atoms with Gasteiger partial charge in [-0.25, -0.2) is 4.79 Å². The van der Waals surface area contributed by atoms with Crippen molar-refractivity contribution in [2.45, 2.75) is 53.1 Å². The minimum Gasteiger partial charge on any atom is -0.481 e. The summed E-state index contributed by atoms with van der Waals surface area (Å²) in [4.78, 5) is 33.8. The molecule has 0 aromatic rings. The molecule has 6 nitrogen and oxygen atoms in total. The summed E-state index contributed by atoms with van der Waals surface area (Å²) in [6.07, 6.45) is 0.210. The van der Waals surface area contributed by atoms with Crippen molar-refractivity contribution in [3.63, 3.8) is 0 Å². The van der Waals surface area contributed by atoms with E-state index in [1.807, 2.05) is 27.7 Å². The molecule has 1 aliphatic rings. The first-order valence-corrected chi connectivity index (χ1v) is 7.22. The topological polar surface area (TPSA) is 89.9 Å². The molecule has 22 heavy (non-hydrogen) atoms. The molecule has 0 unspecified atom stereocenters. The number of carbonyl (C=O) groups is 3. The van der Waals surface area contributed by atoms with Gasteiger partial charge in [0.15, 0.2) is 0 Å². The standard InChI is InChI=1S/C16H24O6/c1-10(13(20)21-7-6-11(17)18)8-12(19)22-14-15(2,3)9-16(14,4)5/h14H,1,6-9H2,2-5H3,(H,17,18). The van der Waals surface area contributed by atoms with Crippen molar-refractivity contribution in [3.8, 4) is 0 Å². The normalized spacial score (nSPS) is 18.9. The number of hydrogen-bond donors (Lipinski definition) is 1. The van der Waals surface area contributed by atoms with Gasteiger partial charge in [0, 0.05) is 16.4 Å². The van der Waals surface area contributed by atoms with E-state index in [1.54, 1.807) is 0 Å². The van der Waals surface area contributed by atoms with Crippen LogP contribution in [-0.2, 0) is 23.9 Å². The predicted octanol–water partition coefficient (Wildman–Crippen LogP) is 2.32. The fourth-order valence-corrected chi connectivity index (χ4v) is 3.36. The van der Waals surface area contributed by atoms with Crippen LogP contribution in [0.3, 0.4) is 0 Å². The molecule has 0 saturated heterocycles. The number of ether oxygens (including phenoxy) is 2. The van der Waals surface area contributed by atoms with Gasteiger partial charge < -0.3 is 14.6 Å². The number of carbonyl (C=O) groups excluding carboxylic acids is 2. The average molecular weight is 312 g/mol. The molecule has 1 aliphatic carbocycles. The molecule has 1 N–H and O–H groups in total. The van der Waals surface area contributed by atoms with E-state index >= 15 is 0 Å². The predicted molar refractivity (Wildman–Crippen MR) is 79.0 cm³/mol. The summed E-state index contributed by atoms with van der Waals surface area (Å²) in [6, 6.07) is 0. The molecule has 0 aromatic heterocycles. The van der Waals surface area contributed by atoms with Crippen LogP contribution in [0.5, 0.6) is 0 Å². The van der Waals surface area contributed by atoms with E-state index in [9.17, 15) is 14.4 Å². The Kier molecular flexibility index (Phi) is 5.38. The van der Waals surface area contributed by atoms with Gasteiger partial charge in [-0.2, -0.15) is 0 Å². The lowest BCUT2D eigenvalue weighted by molar-refractivity contribution is -0.197. The number of hydrogen-bond acceptors (Lipinski definition) is 5. The molecular weight excluding hydrogens is 288 g/mol. The van der Waals surface area contributed by atoms with E-state index < -0.39 is 17.9 Å². The van der Waals surface area contributed by atoms with Crippen LogP contribution in [-0.4, -0.2) is 35.7 Å². The molecule has 0 radical (unpaired) electrons. The summed E-state index contributed by atoms with van der Waals surface area (Å²) < 4.78 is 10.2. The highest BCUT2D eigenvalue weighted by Gasteiger charge is 2.55. The summed E-state index contributed by atoms with van der Waals surface area (Å²) in [5.41, 5.74) is -0.198. The summed E-state index contributed by atoms with van der Waals surface area (Å²) in [5, 5.41) is 8.45. The number of carboxylic acids is 1. The second kappa shape index (κ2) is 6.50. The van der Waals surface area contributed by atoms with Crippen LogP contribution in [0.15, 0.2) is 12.2 Å². The van der Waals surface area contributed by atoms with Crippen molar-refractivity contribution in [1.29, 1.82) is 0 Å². The number of aliphatic carboxylic acids is 1. The maximum Gasteiger partial charge on any atom is 0.334 e. The quantitative estimate of drug-likeness (QED) is 0.573. The smallest absolute Gasteiger partial charge is 0.334 e. The largest absolute Gasteiger partial charge is 0.481 e. The first-order chi connectivity index (χ1) is 9.95. The van der Waals surface area contributed by atoms with Gasteiger partial charge in [0.05, 0.1) is 12.8 Å². The summed E-state index contributed by atoms with van der Waals surface area (Å²) in [6.45, 7) is 11.4. The third-order valence-electron chi connectivity index (χ3n) is 3.78. The summed E-state index contributed by atoms with van der Waals surface area (Å²) >= 11 is 0. The van der Waals surface area contributed by atoms with Crippen LogP contribution in [0.2, 0.25) is 0 Å². The van der Waals surface area contributed by atoms with Crippen LogP contribution >= 0.6 is 0 Å². The van der Waals surface area contributed by atoms with Crippen molar-refractivity contribution < 1.29 is 29.0 Å². The molecule has 0 heterocycles. The lowest BCUT2D eigenvalue weighted by Gasteiger charge is -2.56. The maximum absolute atomic E-state index is 11.9. The highest BCUT2D eigenvalue weighted by Crippen LogP contribution is 2.55. The van der Waals surface area contributed by atoms with Gasteiger partial charge in [0.2, 0.25) is 0 Å². The SMILES string of the molecule is C=C(CC(=O)OC1C(C)(C)CC1(C)C)C(=O)OCCC(=O)O. The number of esters is 2. The lowest BCUT2D eigenvalue weighted by atomic mass is 9.53. The second-order valence-electron chi connectivity index (χ2n) is 7.08. The van der Waals surface area contributed by atoms with E-state index in [0.717, 1.165) is 6.42 Å². The lowest BCUT2D eigenvalue weighted by Crippen LogP contribution is -2.57. The Morgan fingerprint density at radius 2 is 1.73 bits per heavy atom. The molecule has 1 saturated carbocycles. The van der Waals surface area contributed by atoms with Crippen LogP contribution in [0, 0.1) is 10.8 Å². The highest BCUT2D eigenvalue weighted by molar-refractivity contribution is 5.93. The Bertz CT molecular complexity index is 475. The Morgan fingerprint density at radius 1 is 1.18 bits per heavy atom. The zero-order chi connectivity index (χ0) is 17.1. The van der Waals surface area contributed by atoms with E-state index in [2.05, 4.69) is 6.58 Å². The molecule has 0 spiro atoms. The van der Waals surface area contributed by atoms with Crippen LogP contribution < -0.4 is 0 Å². The third-order valence-corrected chi connectivity index (χ3v) is 3.78. The fourth-order valence-electron chi connectivity index (χ4n) is 3.36.